The third-order valence-corrected chi connectivity index (χ3v) is 4.78. The van der Waals surface area contributed by atoms with Crippen LogP contribution in [0.3, 0.4) is 0 Å². The van der Waals surface area contributed by atoms with E-state index in [0.29, 0.717) is 13.2 Å². The smallest absolute Gasteiger partial charge is 0.191 e. The molecule has 1 aromatic rings. The largest absolute Gasteiger partial charge is 0.378 e. The fourth-order valence-electron chi connectivity index (χ4n) is 2.48. The molecule has 2 N–H and O–H groups in total. The highest BCUT2D eigenvalue weighted by Crippen LogP contribution is 2.14. The molecule has 28 heavy (non-hydrogen) atoms. The van der Waals surface area contributed by atoms with Gasteiger partial charge in [-0.2, -0.15) is 0 Å². The van der Waals surface area contributed by atoms with Crippen LogP contribution >= 0.6 is 24.0 Å². The van der Waals surface area contributed by atoms with Crippen molar-refractivity contribution in [2.24, 2.45) is 4.99 Å². The van der Waals surface area contributed by atoms with Crippen LogP contribution in [0.1, 0.15) is 19.4 Å². The second-order valence-electron chi connectivity index (χ2n) is 6.35. The molecule has 0 bridgehead atoms. The van der Waals surface area contributed by atoms with Gasteiger partial charge in [-0.25, -0.2) is 8.42 Å². The fourth-order valence-corrected chi connectivity index (χ4v) is 2.90. The van der Waals surface area contributed by atoms with E-state index in [0.717, 1.165) is 32.1 Å². The average Bonchev–Trinajstić information content (AvgIpc) is 2.60. The molecular weight excluding hydrogens is 491 g/mol. The van der Waals surface area contributed by atoms with Gasteiger partial charge in [-0.05, 0) is 38.5 Å². The van der Waals surface area contributed by atoms with Crippen LogP contribution in [0.4, 0.5) is 5.69 Å². The topological polar surface area (TPSA) is 83.0 Å². The van der Waals surface area contributed by atoms with Gasteiger partial charge in [0, 0.05) is 38.1 Å². The van der Waals surface area contributed by atoms with Crippen molar-refractivity contribution < 1.29 is 13.2 Å². The van der Waals surface area contributed by atoms with E-state index in [1.807, 2.05) is 6.92 Å². The van der Waals surface area contributed by atoms with Crippen molar-refractivity contribution in [3.63, 3.8) is 0 Å². The molecule has 0 saturated heterocycles. The maximum Gasteiger partial charge on any atom is 0.191 e. The molecule has 0 heterocycles. The first-order valence-corrected chi connectivity index (χ1v) is 11.5. The number of ether oxygens (including phenoxy) is 1. The zero-order valence-electron chi connectivity index (χ0n) is 17.4. The summed E-state index contributed by atoms with van der Waals surface area (Å²) >= 11 is 0. The van der Waals surface area contributed by atoms with E-state index in [4.69, 9.17) is 4.74 Å². The normalized spacial score (nSPS) is 11.6. The van der Waals surface area contributed by atoms with Crippen molar-refractivity contribution >= 4 is 45.5 Å². The van der Waals surface area contributed by atoms with Crippen LogP contribution in [0.25, 0.3) is 0 Å². The number of nitrogens with one attached hydrogen (secondary N) is 2. The van der Waals surface area contributed by atoms with E-state index >= 15 is 0 Å². The Morgan fingerprint density at radius 1 is 1.21 bits per heavy atom. The Kier molecular flexibility index (Phi) is 14.3. The molecule has 0 aromatic heterocycles. The second kappa shape index (κ2) is 14.9. The van der Waals surface area contributed by atoms with E-state index in [9.17, 15) is 8.42 Å². The molecule has 0 unspecified atom stereocenters. The molecule has 7 nitrogen and oxygen atoms in total. The first kappa shape index (κ1) is 26.9. The molecule has 0 amide bonds. The first-order valence-electron chi connectivity index (χ1n) is 9.45. The molecule has 1 rings (SSSR count). The van der Waals surface area contributed by atoms with Gasteiger partial charge < -0.3 is 20.3 Å². The second-order valence-corrected chi connectivity index (χ2v) is 8.61. The monoisotopic (exact) mass is 526 g/mol. The number of aryl methyl sites for hydroxylation is 1. The molecule has 0 aliphatic carbocycles. The number of hydrogen-bond donors (Lipinski definition) is 2. The Hall–Kier alpha value is -1.07. The number of guanidine groups is 1. The van der Waals surface area contributed by atoms with Crippen molar-refractivity contribution in [2.75, 3.05) is 62.8 Å². The van der Waals surface area contributed by atoms with Crippen molar-refractivity contribution in [1.29, 1.82) is 0 Å². The summed E-state index contributed by atoms with van der Waals surface area (Å²) in [6, 6.07) is 8.50. The minimum atomic E-state index is -2.97. The van der Waals surface area contributed by atoms with Gasteiger partial charge in [0.1, 0.15) is 9.84 Å². The molecule has 0 atom stereocenters. The lowest BCUT2D eigenvalue weighted by atomic mass is 10.2. The number of hydrogen-bond acceptors (Lipinski definition) is 5. The number of rotatable bonds is 12. The molecule has 0 saturated carbocycles. The molecule has 0 fully saturated rings. The van der Waals surface area contributed by atoms with Gasteiger partial charge in [0.2, 0.25) is 0 Å². The number of likely N-dealkylation sites (N-methyl/N-ethyl adjacent to an activating group) is 1. The maximum absolute atomic E-state index is 11.0. The third-order valence-electron chi connectivity index (χ3n) is 3.87. The average molecular weight is 526 g/mol. The molecular formula is C19H35IN4O3S. The Morgan fingerprint density at radius 3 is 2.57 bits per heavy atom. The molecule has 0 aliphatic rings. The lowest BCUT2D eigenvalue weighted by Crippen LogP contribution is -2.42. The number of anilines is 1. The van der Waals surface area contributed by atoms with Crippen molar-refractivity contribution in [3.05, 3.63) is 29.8 Å². The standard InChI is InChI=1S/C19H34N4O3S.HI/c1-5-20-19(22-11-13-26-14-15-27(4,24)25)21-10-12-23(6-2)18-9-7-8-17(3)16-18;/h7-9,16H,5-6,10-15H2,1-4H3,(H2,20,21,22);1H. The summed E-state index contributed by atoms with van der Waals surface area (Å²) in [5.41, 5.74) is 2.48. The Morgan fingerprint density at radius 2 is 1.96 bits per heavy atom. The maximum atomic E-state index is 11.0. The SMILES string of the molecule is CCNC(=NCCOCCS(C)(=O)=O)NCCN(CC)c1cccc(C)c1.I. The molecule has 162 valence electrons. The summed E-state index contributed by atoms with van der Waals surface area (Å²) in [5, 5.41) is 6.54. The number of benzene rings is 1. The minimum Gasteiger partial charge on any atom is -0.378 e. The van der Waals surface area contributed by atoms with Gasteiger partial charge in [-0.15, -0.1) is 24.0 Å². The van der Waals surface area contributed by atoms with E-state index in [1.165, 1.54) is 17.5 Å². The van der Waals surface area contributed by atoms with E-state index in [-0.39, 0.29) is 36.3 Å². The summed E-state index contributed by atoms with van der Waals surface area (Å²) < 4.78 is 27.4. The quantitative estimate of drug-likeness (QED) is 0.188. The van der Waals surface area contributed by atoms with Crippen LogP contribution in [0.15, 0.2) is 29.3 Å². The minimum absolute atomic E-state index is 0. The summed E-state index contributed by atoms with van der Waals surface area (Å²) in [4.78, 5) is 6.78. The zero-order valence-corrected chi connectivity index (χ0v) is 20.5. The van der Waals surface area contributed by atoms with Crippen LogP contribution in [0, 0.1) is 6.92 Å². The van der Waals surface area contributed by atoms with Crippen LogP contribution in [-0.4, -0.2) is 72.3 Å². The Labute approximate surface area is 187 Å². The summed E-state index contributed by atoms with van der Waals surface area (Å²) in [7, 11) is -2.97. The van der Waals surface area contributed by atoms with Crippen LogP contribution in [0.5, 0.6) is 0 Å². The number of halogens is 1. The van der Waals surface area contributed by atoms with Gasteiger partial charge in [0.05, 0.1) is 25.5 Å². The highest BCUT2D eigenvalue weighted by Gasteiger charge is 2.05. The van der Waals surface area contributed by atoms with Crippen molar-refractivity contribution in [1.82, 2.24) is 10.6 Å². The van der Waals surface area contributed by atoms with Gasteiger partial charge in [-0.3, -0.25) is 4.99 Å². The predicted octanol–water partition coefficient (Wildman–Crippen LogP) is 2.06. The first-order chi connectivity index (χ1) is 12.9. The van der Waals surface area contributed by atoms with Crippen molar-refractivity contribution in [2.45, 2.75) is 20.8 Å². The molecule has 0 radical (unpaired) electrons. The zero-order chi connectivity index (χ0) is 20.1. The van der Waals surface area contributed by atoms with Gasteiger partial charge in [0.15, 0.2) is 5.96 Å². The molecule has 1 aromatic carbocycles. The predicted molar refractivity (Wildman–Crippen MR) is 129 cm³/mol. The molecule has 9 heteroatoms. The van der Waals surface area contributed by atoms with Crippen LogP contribution in [0.2, 0.25) is 0 Å². The van der Waals surface area contributed by atoms with E-state index < -0.39 is 9.84 Å². The van der Waals surface area contributed by atoms with E-state index in [2.05, 4.69) is 58.6 Å². The highest BCUT2D eigenvalue weighted by atomic mass is 127. The lowest BCUT2D eigenvalue weighted by Gasteiger charge is -2.24. The lowest BCUT2D eigenvalue weighted by molar-refractivity contribution is 0.157. The Balaban J connectivity index is 0.00000729. The summed E-state index contributed by atoms with van der Waals surface area (Å²) in [6.45, 7) is 10.7. The van der Waals surface area contributed by atoms with Crippen LogP contribution < -0.4 is 15.5 Å². The van der Waals surface area contributed by atoms with Crippen molar-refractivity contribution in [3.8, 4) is 0 Å². The number of nitrogens with zero attached hydrogens (tertiary/aromatic N) is 2. The van der Waals surface area contributed by atoms with E-state index in [1.54, 1.807) is 0 Å². The van der Waals surface area contributed by atoms with Crippen LogP contribution in [-0.2, 0) is 14.6 Å². The Bertz CT molecular complexity index is 684. The summed E-state index contributed by atoms with van der Waals surface area (Å²) in [6.07, 6.45) is 1.21. The molecule has 0 aliphatic heterocycles. The highest BCUT2D eigenvalue weighted by molar-refractivity contribution is 14.0. The molecule has 0 spiro atoms. The fraction of sp³-hybridized carbons (Fsp3) is 0.632. The third kappa shape index (κ3) is 12.4. The number of aliphatic imine (C=N–C) groups is 1. The number of sulfone groups is 1. The van der Waals surface area contributed by atoms with Gasteiger partial charge in [0.25, 0.3) is 0 Å². The van der Waals surface area contributed by atoms with Gasteiger partial charge in [-0.1, -0.05) is 12.1 Å². The summed E-state index contributed by atoms with van der Waals surface area (Å²) in [5.74, 6) is 0.783. The van der Waals surface area contributed by atoms with Gasteiger partial charge >= 0.3 is 0 Å².